The van der Waals surface area contributed by atoms with E-state index in [9.17, 15) is 14.7 Å². The molecule has 0 saturated carbocycles. The van der Waals surface area contributed by atoms with Crippen molar-refractivity contribution in [2.24, 2.45) is 0 Å². The molecule has 10 nitrogen and oxygen atoms in total. The van der Waals surface area contributed by atoms with Crippen LogP contribution >= 0.6 is 11.6 Å². The first kappa shape index (κ1) is 23.6. The normalized spacial score (nSPS) is 18.7. The maximum absolute atomic E-state index is 12.8. The van der Waals surface area contributed by atoms with E-state index < -0.39 is 5.91 Å². The summed E-state index contributed by atoms with van der Waals surface area (Å²) in [5.74, 6) is -0.290. The van der Waals surface area contributed by atoms with Crippen LogP contribution in [0.4, 0.5) is 11.5 Å². The van der Waals surface area contributed by atoms with Crippen molar-refractivity contribution in [3.05, 3.63) is 40.9 Å². The van der Waals surface area contributed by atoms with Crippen LogP contribution in [-0.4, -0.2) is 72.8 Å². The van der Waals surface area contributed by atoms with Gasteiger partial charge in [0.15, 0.2) is 0 Å². The number of phenolic OH excluding ortho intramolecular Hbond substituents is 1. The van der Waals surface area contributed by atoms with Gasteiger partial charge in [-0.15, -0.1) is 0 Å². The summed E-state index contributed by atoms with van der Waals surface area (Å²) >= 11 is 6.01. The third kappa shape index (κ3) is 5.78. The van der Waals surface area contributed by atoms with Gasteiger partial charge in [-0.25, -0.2) is 0 Å². The molecule has 32 heavy (non-hydrogen) atoms. The van der Waals surface area contributed by atoms with Gasteiger partial charge in [-0.1, -0.05) is 11.6 Å². The number of halogens is 1. The Morgan fingerprint density at radius 1 is 1.31 bits per heavy atom. The minimum absolute atomic E-state index is 0.0775. The molecule has 2 heterocycles. The summed E-state index contributed by atoms with van der Waals surface area (Å²) in [5, 5.41) is 15.2. The molecule has 1 aromatic heterocycles. The number of aromatic hydroxyl groups is 1. The largest absolute Gasteiger partial charge is 0.508 e. The van der Waals surface area contributed by atoms with Gasteiger partial charge in [0.2, 0.25) is 11.8 Å². The number of aromatic nitrogens is 1. The Hall–Kier alpha value is -3.08. The number of carbonyl (C=O) groups excluding carboxylic acids is 2. The first-order valence-electron chi connectivity index (χ1n) is 9.95. The number of carbonyl (C=O) groups is 2. The second-order valence-electron chi connectivity index (χ2n) is 7.39. The first-order valence-corrected chi connectivity index (χ1v) is 10.3. The van der Waals surface area contributed by atoms with Crippen LogP contribution < -0.4 is 21.1 Å². The fourth-order valence-corrected chi connectivity index (χ4v) is 3.68. The molecule has 1 aliphatic heterocycles. The molecule has 5 N–H and O–H groups in total. The van der Waals surface area contributed by atoms with Crippen LogP contribution in [0.15, 0.2) is 30.3 Å². The second kappa shape index (κ2) is 10.5. The number of ether oxygens (including phenoxy) is 2. The topological polar surface area (TPSA) is 139 Å². The summed E-state index contributed by atoms with van der Waals surface area (Å²) < 4.78 is 10.7. The first-order chi connectivity index (χ1) is 15.3. The maximum Gasteiger partial charge on any atom is 0.257 e. The number of hydrogen-bond acceptors (Lipinski definition) is 8. The number of rotatable bonds is 7. The Morgan fingerprint density at radius 3 is 2.69 bits per heavy atom. The highest BCUT2D eigenvalue weighted by Crippen LogP contribution is 2.25. The predicted octanol–water partition coefficient (Wildman–Crippen LogP) is 1.49. The van der Waals surface area contributed by atoms with Crippen molar-refractivity contribution in [2.45, 2.75) is 18.6 Å². The summed E-state index contributed by atoms with van der Waals surface area (Å²) in [5.41, 5.74) is 6.46. The van der Waals surface area contributed by atoms with E-state index in [4.69, 9.17) is 26.8 Å². The van der Waals surface area contributed by atoms with Crippen molar-refractivity contribution < 1.29 is 24.2 Å². The Balaban J connectivity index is 1.58. The van der Waals surface area contributed by atoms with Gasteiger partial charge in [0.05, 0.1) is 30.8 Å². The third-order valence-corrected chi connectivity index (χ3v) is 5.49. The number of anilines is 2. The number of amides is 2. The van der Waals surface area contributed by atoms with Gasteiger partial charge in [-0.3, -0.25) is 14.5 Å². The average Bonchev–Trinajstić information content (AvgIpc) is 2.77. The highest BCUT2D eigenvalue weighted by molar-refractivity contribution is 6.33. The van der Waals surface area contributed by atoms with Gasteiger partial charge >= 0.3 is 0 Å². The molecule has 2 unspecified atom stereocenters. The molecule has 1 aliphatic rings. The zero-order valence-electron chi connectivity index (χ0n) is 17.8. The molecule has 172 valence electrons. The minimum atomic E-state index is -0.401. The standard InChI is InChI=1S/C21H26ClN5O5/c1-31-17-10-27(11-18(29)24-12-3-5-13(28)6-4-12)8-7-16(17)25-20(30)14-9-15(22)19(23)26-21(14)32-2/h3-6,9,16-17,28H,7-8,10-11H2,1-2H3,(H2,23,26)(H,24,29)(H,25,30). The molecule has 0 radical (unpaired) electrons. The number of likely N-dealkylation sites (tertiary alicyclic amines) is 1. The van der Waals surface area contributed by atoms with E-state index >= 15 is 0 Å². The lowest BCUT2D eigenvalue weighted by Crippen LogP contribution is -2.55. The molecule has 0 aliphatic carbocycles. The number of piperidine rings is 1. The molecular weight excluding hydrogens is 438 g/mol. The molecule has 3 rings (SSSR count). The van der Waals surface area contributed by atoms with Crippen molar-refractivity contribution >= 4 is 34.9 Å². The molecule has 0 spiro atoms. The smallest absolute Gasteiger partial charge is 0.257 e. The van der Waals surface area contributed by atoms with E-state index in [1.165, 1.54) is 25.3 Å². The highest BCUT2D eigenvalue weighted by Gasteiger charge is 2.32. The van der Waals surface area contributed by atoms with Crippen LogP contribution in [0.25, 0.3) is 0 Å². The number of pyridine rings is 1. The monoisotopic (exact) mass is 463 g/mol. The zero-order chi connectivity index (χ0) is 23.3. The lowest BCUT2D eigenvalue weighted by Gasteiger charge is -2.37. The maximum atomic E-state index is 12.8. The highest BCUT2D eigenvalue weighted by atomic mass is 35.5. The van der Waals surface area contributed by atoms with Gasteiger partial charge in [0.25, 0.3) is 5.91 Å². The number of nitrogen functional groups attached to an aromatic ring is 1. The SMILES string of the molecule is COc1nc(N)c(Cl)cc1C(=O)NC1CCN(CC(=O)Nc2ccc(O)cc2)CC1OC. The molecule has 0 bridgehead atoms. The van der Waals surface area contributed by atoms with Crippen LogP contribution in [0.2, 0.25) is 5.02 Å². The average molecular weight is 464 g/mol. The number of nitrogens with two attached hydrogens (primary N) is 1. The predicted molar refractivity (Wildman–Crippen MR) is 120 cm³/mol. The molecule has 1 aromatic carbocycles. The Morgan fingerprint density at radius 2 is 2.03 bits per heavy atom. The lowest BCUT2D eigenvalue weighted by atomic mass is 10.0. The summed E-state index contributed by atoms with van der Waals surface area (Å²) in [6.45, 7) is 1.22. The third-order valence-electron chi connectivity index (χ3n) is 5.19. The van der Waals surface area contributed by atoms with Crippen LogP contribution in [0.3, 0.4) is 0 Å². The number of methoxy groups -OCH3 is 2. The van der Waals surface area contributed by atoms with Crippen LogP contribution in [0, 0.1) is 0 Å². The van der Waals surface area contributed by atoms with E-state index in [1.807, 2.05) is 4.90 Å². The molecule has 2 amide bonds. The van der Waals surface area contributed by atoms with Crippen molar-refractivity contribution in [1.82, 2.24) is 15.2 Å². The summed E-state index contributed by atoms with van der Waals surface area (Å²) in [7, 11) is 2.96. The molecule has 11 heteroatoms. The van der Waals surface area contributed by atoms with E-state index in [0.29, 0.717) is 25.2 Å². The second-order valence-corrected chi connectivity index (χ2v) is 7.79. The summed E-state index contributed by atoms with van der Waals surface area (Å²) in [6, 6.07) is 7.40. The fraction of sp³-hybridized carbons (Fsp3) is 0.381. The summed E-state index contributed by atoms with van der Waals surface area (Å²) in [4.78, 5) is 31.1. The number of hydrogen-bond donors (Lipinski definition) is 4. The van der Waals surface area contributed by atoms with E-state index in [1.54, 1.807) is 19.2 Å². The zero-order valence-corrected chi connectivity index (χ0v) is 18.6. The Bertz CT molecular complexity index is 972. The van der Waals surface area contributed by atoms with Crippen molar-refractivity contribution in [1.29, 1.82) is 0 Å². The molecule has 1 saturated heterocycles. The minimum Gasteiger partial charge on any atom is -0.508 e. The van der Waals surface area contributed by atoms with Gasteiger partial charge in [0, 0.05) is 25.9 Å². The van der Waals surface area contributed by atoms with Crippen LogP contribution in [0.1, 0.15) is 16.8 Å². The van der Waals surface area contributed by atoms with Gasteiger partial charge < -0.3 is 30.9 Å². The number of nitrogens with one attached hydrogen (secondary N) is 2. The van der Waals surface area contributed by atoms with Gasteiger partial charge in [0.1, 0.15) is 17.1 Å². The quantitative estimate of drug-likeness (QED) is 0.453. The molecule has 2 aromatic rings. The van der Waals surface area contributed by atoms with Gasteiger partial charge in [-0.05, 0) is 36.8 Å². The Labute approximate surface area is 190 Å². The lowest BCUT2D eigenvalue weighted by molar-refractivity contribution is -0.118. The van der Waals surface area contributed by atoms with Crippen LogP contribution in [-0.2, 0) is 9.53 Å². The fourth-order valence-electron chi connectivity index (χ4n) is 3.53. The van der Waals surface area contributed by atoms with E-state index in [0.717, 1.165) is 0 Å². The molecular formula is C21H26ClN5O5. The number of phenols is 1. The van der Waals surface area contributed by atoms with Crippen molar-refractivity contribution in [3.8, 4) is 11.6 Å². The van der Waals surface area contributed by atoms with Gasteiger partial charge in [-0.2, -0.15) is 4.98 Å². The number of benzene rings is 1. The number of nitrogens with zero attached hydrogens (tertiary/aromatic N) is 2. The molecule has 1 fully saturated rings. The van der Waals surface area contributed by atoms with Crippen LogP contribution in [0.5, 0.6) is 11.6 Å². The van der Waals surface area contributed by atoms with Crippen molar-refractivity contribution in [3.63, 3.8) is 0 Å². The Kier molecular flexibility index (Phi) is 7.73. The van der Waals surface area contributed by atoms with E-state index in [-0.39, 0.29) is 52.6 Å². The molecule has 2 atom stereocenters. The summed E-state index contributed by atoms with van der Waals surface area (Å²) in [6.07, 6.45) is 0.257. The van der Waals surface area contributed by atoms with E-state index in [2.05, 4.69) is 15.6 Å². The van der Waals surface area contributed by atoms with Crippen molar-refractivity contribution in [2.75, 3.05) is 44.9 Å².